The lowest BCUT2D eigenvalue weighted by Gasteiger charge is -2.11. The van der Waals surface area contributed by atoms with Crippen LogP contribution in [0.15, 0.2) is 28.6 Å². The number of halogens is 1. The molecule has 0 spiro atoms. The lowest BCUT2D eigenvalue weighted by Crippen LogP contribution is -2.23. The van der Waals surface area contributed by atoms with Crippen LogP contribution in [0.5, 0.6) is 0 Å². The number of hydrogen-bond acceptors (Lipinski definition) is 9. The molecule has 1 unspecified atom stereocenters. The Balaban J connectivity index is 1.40. The van der Waals surface area contributed by atoms with Crippen molar-refractivity contribution in [2.24, 2.45) is 0 Å². The summed E-state index contributed by atoms with van der Waals surface area (Å²) in [5.41, 5.74) is 1.80. The standard InChI is InChI=1S/C22H21ClN4O4S3/c1-3-31-20(30)16-13-8-6-10-15(13)33-19(16)24-17(28)11(2)32-22-27-26-21(34-22)25-18(29)12-7-4-5-9-14(12)23/h4-5,7,9,11H,3,6,8,10H2,1-2H3,(H,24,28)(H,25,26,29). The number of rotatable bonds is 8. The van der Waals surface area contributed by atoms with Gasteiger partial charge in [0.15, 0.2) is 4.34 Å². The third-order valence-corrected chi connectivity index (χ3v) is 8.59. The molecular formula is C22H21ClN4O4S3. The van der Waals surface area contributed by atoms with Crippen LogP contribution in [0.25, 0.3) is 0 Å². The first-order valence-corrected chi connectivity index (χ1v) is 13.4. The Kier molecular flexibility index (Phi) is 7.87. The Labute approximate surface area is 213 Å². The second-order valence-corrected chi connectivity index (χ2v) is 11.4. The number of aromatic nitrogens is 2. The van der Waals surface area contributed by atoms with Crippen LogP contribution in [0.2, 0.25) is 5.02 Å². The second-order valence-electron chi connectivity index (χ2n) is 7.34. The molecule has 1 atom stereocenters. The number of carbonyl (C=O) groups excluding carboxylic acids is 3. The van der Waals surface area contributed by atoms with Crippen molar-refractivity contribution in [2.45, 2.75) is 42.7 Å². The van der Waals surface area contributed by atoms with Gasteiger partial charge in [-0.15, -0.1) is 21.5 Å². The van der Waals surface area contributed by atoms with Crippen molar-refractivity contribution in [3.05, 3.63) is 50.9 Å². The number of thioether (sulfide) groups is 1. The van der Waals surface area contributed by atoms with Crippen molar-refractivity contribution in [3.8, 4) is 0 Å². The number of carbonyl (C=O) groups is 3. The summed E-state index contributed by atoms with van der Waals surface area (Å²) in [5.74, 6) is -1.05. The molecule has 0 saturated heterocycles. The average Bonchev–Trinajstić information content (AvgIpc) is 3.50. The second kappa shape index (κ2) is 10.9. The molecule has 2 N–H and O–H groups in total. The number of fused-ring (bicyclic) bond motifs is 1. The molecule has 0 radical (unpaired) electrons. The molecule has 12 heteroatoms. The van der Waals surface area contributed by atoms with E-state index in [2.05, 4.69) is 20.8 Å². The summed E-state index contributed by atoms with van der Waals surface area (Å²) in [6.45, 7) is 3.78. The molecule has 0 aliphatic heterocycles. The Hall–Kier alpha value is -2.47. The number of aryl methyl sites for hydroxylation is 1. The third kappa shape index (κ3) is 5.43. The molecule has 0 bridgehead atoms. The summed E-state index contributed by atoms with van der Waals surface area (Å²) in [6.07, 6.45) is 2.72. The minimum Gasteiger partial charge on any atom is -0.462 e. The van der Waals surface area contributed by atoms with Gasteiger partial charge in [0.1, 0.15) is 5.00 Å². The van der Waals surface area contributed by atoms with Gasteiger partial charge in [-0.25, -0.2) is 4.79 Å². The highest BCUT2D eigenvalue weighted by molar-refractivity contribution is 8.02. The van der Waals surface area contributed by atoms with Crippen LogP contribution >= 0.6 is 46.0 Å². The Morgan fingerprint density at radius 2 is 1.97 bits per heavy atom. The van der Waals surface area contributed by atoms with Gasteiger partial charge >= 0.3 is 5.97 Å². The van der Waals surface area contributed by atoms with Gasteiger partial charge in [-0.1, -0.05) is 46.8 Å². The molecule has 34 heavy (non-hydrogen) atoms. The van der Waals surface area contributed by atoms with Crippen molar-refractivity contribution < 1.29 is 19.1 Å². The van der Waals surface area contributed by atoms with Crippen molar-refractivity contribution in [1.82, 2.24) is 10.2 Å². The maximum Gasteiger partial charge on any atom is 0.341 e. The summed E-state index contributed by atoms with van der Waals surface area (Å²) in [5, 5.41) is 14.3. The minimum atomic E-state index is -0.507. The third-order valence-electron chi connectivity index (χ3n) is 5.03. The zero-order chi connectivity index (χ0) is 24.2. The van der Waals surface area contributed by atoms with E-state index in [-0.39, 0.29) is 18.4 Å². The highest BCUT2D eigenvalue weighted by Gasteiger charge is 2.29. The van der Waals surface area contributed by atoms with Crippen molar-refractivity contribution in [2.75, 3.05) is 17.2 Å². The van der Waals surface area contributed by atoms with Crippen LogP contribution in [0.3, 0.4) is 0 Å². The molecule has 0 saturated carbocycles. The molecule has 2 aromatic heterocycles. The molecule has 8 nitrogen and oxygen atoms in total. The van der Waals surface area contributed by atoms with Crippen molar-refractivity contribution in [1.29, 1.82) is 0 Å². The first-order valence-electron chi connectivity index (χ1n) is 10.6. The molecule has 1 aromatic carbocycles. The predicted octanol–water partition coefficient (Wildman–Crippen LogP) is 5.29. The quantitative estimate of drug-likeness (QED) is 0.228. The minimum absolute atomic E-state index is 0.257. The molecular weight excluding hydrogens is 516 g/mol. The Morgan fingerprint density at radius 3 is 2.74 bits per heavy atom. The lowest BCUT2D eigenvalue weighted by atomic mass is 10.1. The average molecular weight is 537 g/mol. The molecule has 0 fully saturated rings. The zero-order valence-corrected chi connectivity index (χ0v) is 21.6. The number of hydrogen-bond donors (Lipinski definition) is 2. The highest BCUT2D eigenvalue weighted by Crippen LogP contribution is 2.40. The van der Waals surface area contributed by atoms with Gasteiger partial charge in [-0.2, -0.15) is 0 Å². The normalized spacial score (nSPS) is 13.3. The van der Waals surface area contributed by atoms with Gasteiger partial charge in [0, 0.05) is 4.88 Å². The summed E-state index contributed by atoms with van der Waals surface area (Å²) in [7, 11) is 0. The number of anilines is 2. The van der Waals surface area contributed by atoms with Gasteiger partial charge in [0.25, 0.3) is 5.91 Å². The first kappa shape index (κ1) is 24.6. The molecule has 178 valence electrons. The summed E-state index contributed by atoms with van der Waals surface area (Å²) in [6, 6.07) is 6.71. The smallest absolute Gasteiger partial charge is 0.341 e. The molecule has 2 heterocycles. The van der Waals surface area contributed by atoms with E-state index in [0.717, 1.165) is 41.0 Å². The van der Waals surface area contributed by atoms with Crippen LogP contribution in [-0.2, 0) is 22.4 Å². The molecule has 3 aromatic rings. The number of nitrogens with one attached hydrogen (secondary N) is 2. The highest BCUT2D eigenvalue weighted by atomic mass is 35.5. The van der Waals surface area contributed by atoms with Gasteiger partial charge < -0.3 is 10.1 Å². The largest absolute Gasteiger partial charge is 0.462 e. The van der Waals surface area contributed by atoms with E-state index in [1.165, 1.54) is 23.1 Å². The van der Waals surface area contributed by atoms with Crippen molar-refractivity contribution in [3.63, 3.8) is 0 Å². The molecule has 1 aliphatic carbocycles. The summed E-state index contributed by atoms with van der Waals surface area (Å²) >= 11 is 9.88. The van der Waals surface area contributed by atoms with E-state index in [4.69, 9.17) is 16.3 Å². The number of thiophene rings is 1. The predicted molar refractivity (Wildman–Crippen MR) is 136 cm³/mol. The van der Waals surface area contributed by atoms with Gasteiger partial charge in [-0.05, 0) is 50.8 Å². The van der Waals surface area contributed by atoms with Gasteiger partial charge in [0.2, 0.25) is 11.0 Å². The first-order chi connectivity index (χ1) is 16.4. The maximum absolute atomic E-state index is 12.9. The number of ether oxygens (including phenoxy) is 1. The van der Waals surface area contributed by atoms with Crippen LogP contribution in [0, 0.1) is 0 Å². The Bertz CT molecular complexity index is 1240. The fourth-order valence-electron chi connectivity index (χ4n) is 3.45. The van der Waals surface area contributed by atoms with E-state index in [1.54, 1.807) is 38.1 Å². The number of amides is 2. The Morgan fingerprint density at radius 1 is 1.18 bits per heavy atom. The van der Waals surface area contributed by atoms with Crippen LogP contribution in [0.1, 0.15) is 51.4 Å². The van der Waals surface area contributed by atoms with Gasteiger partial charge in [0.05, 0.1) is 28.0 Å². The zero-order valence-electron chi connectivity index (χ0n) is 18.3. The number of esters is 1. The van der Waals surface area contributed by atoms with E-state index in [1.807, 2.05) is 0 Å². The number of nitrogens with zero attached hydrogens (tertiary/aromatic N) is 2. The number of benzene rings is 1. The molecule has 2 amide bonds. The van der Waals surface area contributed by atoms with Crippen LogP contribution in [0.4, 0.5) is 10.1 Å². The van der Waals surface area contributed by atoms with Crippen LogP contribution in [-0.4, -0.2) is 39.8 Å². The SMILES string of the molecule is CCOC(=O)c1c(NC(=O)C(C)Sc2nnc(NC(=O)c3ccccc3Cl)s2)sc2c1CCC2. The van der Waals surface area contributed by atoms with Crippen molar-refractivity contribution >= 4 is 74.0 Å². The fourth-order valence-corrected chi connectivity index (χ4v) is 6.84. The topological polar surface area (TPSA) is 110 Å². The van der Waals surface area contributed by atoms with E-state index in [9.17, 15) is 14.4 Å². The summed E-state index contributed by atoms with van der Waals surface area (Å²) in [4.78, 5) is 38.9. The van der Waals surface area contributed by atoms with E-state index in [0.29, 0.717) is 30.6 Å². The maximum atomic E-state index is 12.9. The fraction of sp³-hybridized carbons (Fsp3) is 0.318. The lowest BCUT2D eigenvalue weighted by molar-refractivity contribution is -0.115. The van der Waals surface area contributed by atoms with Gasteiger partial charge in [-0.3, -0.25) is 14.9 Å². The monoisotopic (exact) mass is 536 g/mol. The van der Waals surface area contributed by atoms with E-state index >= 15 is 0 Å². The summed E-state index contributed by atoms with van der Waals surface area (Å²) < 4.78 is 5.74. The molecule has 4 rings (SSSR count). The van der Waals surface area contributed by atoms with E-state index < -0.39 is 11.2 Å². The molecule has 1 aliphatic rings. The van der Waals surface area contributed by atoms with Crippen LogP contribution < -0.4 is 10.6 Å².